The zero-order valence-electron chi connectivity index (χ0n) is 14.6. The van der Waals surface area contributed by atoms with Gasteiger partial charge in [0.05, 0.1) is 17.3 Å². The van der Waals surface area contributed by atoms with Crippen molar-refractivity contribution < 1.29 is 14.3 Å². The van der Waals surface area contributed by atoms with Crippen LogP contribution in [0.3, 0.4) is 0 Å². The molecular formula is C19H20N2O3S. The Labute approximate surface area is 150 Å². The standard InChI is InChI=1S/C19H20N2O3S/c1-19(2,3)24-18(22)20-13-7-5-12(6-8-13)17-21-15-10-9-14(23-4)11-16(15)25-17/h5-11H,1-4H3,(H,20,22). The molecule has 1 aromatic heterocycles. The summed E-state index contributed by atoms with van der Waals surface area (Å²) in [6.07, 6.45) is -0.465. The molecule has 5 nitrogen and oxygen atoms in total. The summed E-state index contributed by atoms with van der Waals surface area (Å²) in [5, 5.41) is 3.65. The Morgan fingerprint density at radius 1 is 1.12 bits per heavy atom. The van der Waals surface area contributed by atoms with Gasteiger partial charge in [0.15, 0.2) is 0 Å². The van der Waals surface area contributed by atoms with Gasteiger partial charge in [-0.15, -0.1) is 11.3 Å². The second-order valence-electron chi connectivity index (χ2n) is 6.56. The van der Waals surface area contributed by atoms with Crippen LogP contribution in [-0.2, 0) is 4.74 Å². The molecular weight excluding hydrogens is 336 g/mol. The highest BCUT2D eigenvalue weighted by atomic mass is 32.1. The van der Waals surface area contributed by atoms with Crippen molar-refractivity contribution in [3.8, 4) is 16.3 Å². The molecule has 1 heterocycles. The minimum atomic E-state index is -0.522. The average molecular weight is 356 g/mol. The topological polar surface area (TPSA) is 60.5 Å². The zero-order valence-corrected chi connectivity index (χ0v) is 15.4. The Balaban J connectivity index is 1.77. The number of thiazole rings is 1. The lowest BCUT2D eigenvalue weighted by atomic mass is 10.2. The SMILES string of the molecule is COc1ccc2nc(-c3ccc(NC(=O)OC(C)(C)C)cc3)sc2c1. The van der Waals surface area contributed by atoms with Gasteiger partial charge in [-0.05, 0) is 63.2 Å². The molecule has 0 saturated heterocycles. The fourth-order valence-electron chi connectivity index (χ4n) is 2.27. The van der Waals surface area contributed by atoms with Gasteiger partial charge in [0.25, 0.3) is 0 Å². The van der Waals surface area contributed by atoms with E-state index in [9.17, 15) is 4.79 Å². The summed E-state index contributed by atoms with van der Waals surface area (Å²) in [5.74, 6) is 0.819. The van der Waals surface area contributed by atoms with Gasteiger partial charge in [-0.2, -0.15) is 0 Å². The number of nitrogens with one attached hydrogen (secondary N) is 1. The minimum Gasteiger partial charge on any atom is -0.497 e. The fraction of sp³-hybridized carbons (Fsp3) is 0.263. The highest BCUT2D eigenvalue weighted by molar-refractivity contribution is 7.21. The number of fused-ring (bicyclic) bond motifs is 1. The first kappa shape index (κ1) is 17.2. The van der Waals surface area contributed by atoms with Crippen molar-refractivity contribution in [2.24, 2.45) is 0 Å². The summed E-state index contributed by atoms with van der Waals surface area (Å²) in [6, 6.07) is 13.4. The summed E-state index contributed by atoms with van der Waals surface area (Å²) in [5.41, 5.74) is 2.10. The fourth-order valence-corrected chi connectivity index (χ4v) is 3.27. The lowest BCUT2D eigenvalue weighted by Crippen LogP contribution is -2.27. The van der Waals surface area contributed by atoms with Gasteiger partial charge in [0.1, 0.15) is 16.4 Å². The van der Waals surface area contributed by atoms with Crippen molar-refractivity contribution >= 4 is 33.3 Å². The number of aromatic nitrogens is 1. The molecule has 0 aliphatic rings. The Kier molecular flexibility index (Phi) is 4.63. The molecule has 0 bridgehead atoms. The van der Waals surface area contributed by atoms with Gasteiger partial charge in [0, 0.05) is 11.3 Å². The maximum atomic E-state index is 11.8. The molecule has 0 fully saturated rings. The van der Waals surface area contributed by atoms with Crippen LogP contribution in [0.1, 0.15) is 20.8 Å². The Morgan fingerprint density at radius 3 is 2.48 bits per heavy atom. The third kappa shape index (κ3) is 4.28. The van der Waals surface area contributed by atoms with Gasteiger partial charge >= 0.3 is 6.09 Å². The van der Waals surface area contributed by atoms with E-state index in [0.29, 0.717) is 5.69 Å². The number of rotatable bonds is 3. The van der Waals surface area contributed by atoms with Gasteiger partial charge in [-0.25, -0.2) is 9.78 Å². The minimum absolute atomic E-state index is 0.465. The monoisotopic (exact) mass is 356 g/mol. The molecule has 0 aliphatic heterocycles. The number of benzene rings is 2. The van der Waals surface area contributed by atoms with Crippen molar-refractivity contribution in [2.75, 3.05) is 12.4 Å². The van der Waals surface area contributed by atoms with Crippen LogP contribution < -0.4 is 10.1 Å². The molecule has 0 saturated carbocycles. The molecule has 0 aliphatic carbocycles. The van der Waals surface area contributed by atoms with E-state index in [2.05, 4.69) is 10.3 Å². The first-order chi connectivity index (χ1) is 11.8. The van der Waals surface area contributed by atoms with Crippen LogP contribution in [-0.4, -0.2) is 23.8 Å². The number of methoxy groups -OCH3 is 1. The number of hydrogen-bond acceptors (Lipinski definition) is 5. The Hall–Kier alpha value is -2.60. The van der Waals surface area contributed by atoms with Crippen LogP contribution in [0.5, 0.6) is 5.75 Å². The van der Waals surface area contributed by atoms with Crippen LogP contribution in [0.2, 0.25) is 0 Å². The van der Waals surface area contributed by atoms with Crippen molar-refractivity contribution in [1.82, 2.24) is 4.98 Å². The van der Waals surface area contributed by atoms with Crippen LogP contribution in [0, 0.1) is 0 Å². The second-order valence-corrected chi connectivity index (χ2v) is 7.59. The summed E-state index contributed by atoms with van der Waals surface area (Å²) in [7, 11) is 1.65. The van der Waals surface area contributed by atoms with Gasteiger partial charge < -0.3 is 9.47 Å². The van der Waals surface area contributed by atoms with E-state index in [1.165, 1.54) is 0 Å². The molecule has 1 amide bonds. The lowest BCUT2D eigenvalue weighted by Gasteiger charge is -2.19. The van der Waals surface area contributed by atoms with E-state index < -0.39 is 11.7 Å². The molecule has 130 valence electrons. The smallest absolute Gasteiger partial charge is 0.412 e. The van der Waals surface area contributed by atoms with Crippen LogP contribution in [0.25, 0.3) is 20.8 Å². The highest BCUT2D eigenvalue weighted by Gasteiger charge is 2.16. The molecule has 0 atom stereocenters. The largest absolute Gasteiger partial charge is 0.497 e. The molecule has 6 heteroatoms. The lowest BCUT2D eigenvalue weighted by molar-refractivity contribution is 0.0636. The molecule has 3 aromatic rings. The first-order valence-electron chi connectivity index (χ1n) is 7.89. The molecule has 1 N–H and O–H groups in total. The van der Waals surface area contributed by atoms with E-state index in [1.54, 1.807) is 18.4 Å². The Morgan fingerprint density at radius 2 is 1.84 bits per heavy atom. The summed E-state index contributed by atoms with van der Waals surface area (Å²) >= 11 is 1.60. The van der Waals surface area contributed by atoms with E-state index in [-0.39, 0.29) is 0 Å². The molecule has 25 heavy (non-hydrogen) atoms. The molecule has 3 rings (SSSR count). The van der Waals surface area contributed by atoms with E-state index in [1.807, 2.05) is 63.2 Å². The number of ether oxygens (including phenoxy) is 2. The van der Waals surface area contributed by atoms with E-state index in [0.717, 1.165) is 26.5 Å². The zero-order chi connectivity index (χ0) is 18.0. The maximum absolute atomic E-state index is 11.8. The first-order valence-corrected chi connectivity index (χ1v) is 8.71. The number of carbonyl (C=O) groups excluding carboxylic acids is 1. The van der Waals surface area contributed by atoms with E-state index >= 15 is 0 Å². The molecule has 0 unspecified atom stereocenters. The van der Waals surface area contributed by atoms with Gasteiger partial charge in [-0.1, -0.05) is 0 Å². The predicted molar refractivity (Wildman–Crippen MR) is 101 cm³/mol. The number of hydrogen-bond donors (Lipinski definition) is 1. The molecule has 0 radical (unpaired) electrons. The van der Waals surface area contributed by atoms with Crippen LogP contribution in [0.15, 0.2) is 42.5 Å². The third-order valence-electron chi connectivity index (χ3n) is 3.37. The third-order valence-corrected chi connectivity index (χ3v) is 4.44. The summed E-state index contributed by atoms with van der Waals surface area (Å²) in [6.45, 7) is 5.49. The maximum Gasteiger partial charge on any atom is 0.412 e. The second kappa shape index (κ2) is 6.72. The van der Waals surface area contributed by atoms with Gasteiger partial charge in [-0.3, -0.25) is 5.32 Å². The number of nitrogens with zero attached hydrogens (tertiary/aromatic N) is 1. The van der Waals surface area contributed by atoms with Crippen molar-refractivity contribution in [2.45, 2.75) is 26.4 Å². The molecule has 0 spiro atoms. The average Bonchev–Trinajstić information content (AvgIpc) is 2.96. The number of carbonyl (C=O) groups is 1. The summed E-state index contributed by atoms with van der Waals surface area (Å²) in [4.78, 5) is 16.5. The number of anilines is 1. The van der Waals surface area contributed by atoms with E-state index in [4.69, 9.17) is 9.47 Å². The molecule has 2 aromatic carbocycles. The summed E-state index contributed by atoms with van der Waals surface area (Å²) < 4.78 is 11.6. The van der Waals surface area contributed by atoms with Gasteiger partial charge in [0.2, 0.25) is 0 Å². The predicted octanol–water partition coefficient (Wildman–Crippen LogP) is 5.32. The quantitative estimate of drug-likeness (QED) is 0.690. The normalized spacial score (nSPS) is 11.4. The van der Waals surface area contributed by atoms with Crippen molar-refractivity contribution in [3.05, 3.63) is 42.5 Å². The van der Waals surface area contributed by atoms with Crippen molar-refractivity contribution in [1.29, 1.82) is 0 Å². The van der Waals surface area contributed by atoms with Crippen LogP contribution in [0.4, 0.5) is 10.5 Å². The highest BCUT2D eigenvalue weighted by Crippen LogP contribution is 2.32. The van der Waals surface area contributed by atoms with Crippen molar-refractivity contribution in [3.63, 3.8) is 0 Å². The number of amides is 1. The Bertz CT molecular complexity index is 895. The van der Waals surface area contributed by atoms with Crippen LogP contribution >= 0.6 is 11.3 Å².